The predicted molar refractivity (Wildman–Crippen MR) is 121 cm³/mol. The normalized spacial score (nSPS) is 25.8. The summed E-state index contributed by atoms with van der Waals surface area (Å²) in [7, 11) is 0. The molecule has 0 aromatic heterocycles. The van der Waals surface area contributed by atoms with Gasteiger partial charge in [0.2, 0.25) is 11.9 Å². The molecule has 188 valence electrons. The number of ketones is 1. The molecule has 0 spiro atoms. The van der Waals surface area contributed by atoms with Crippen LogP contribution in [-0.4, -0.2) is 61.0 Å². The Balaban J connectivity index is 2.39. The van der Waals surface area contributed by atoms with E-state index in [2.05, 4.69) is 0 Å². The zero-order valence-electron chi connectivity index (χ0n) is 20.6. The summed E-state index contributed by atoms with van der Waals surface area (Å²) in [6.07, 6.45) is -2.35. The van der Waals surface area contributed by atoms with Crippen LogP contribution in [0, 0.1) is 5.41 Å². The molecular weight excluding hydrogens is 444 g/mol. The molecule has 1 aliphatic rings. The van der Waals surface area contributed by atoms with Crippen molar-refractivity contribution < 1.29 is 42.9 Å². The van der Waals surface area contributed by atoms with Gasteiger partial charge in [0.05, 0.1) is 19.3 Å². The molecule has 1 aromatic rings. The topological polar surface area (TPSA) is 114 Å². The first kappa shape index (κ1) is 27.5. The largest absolute Gasteiger partial charge is 0.463 e. The lowest BCUT2D eigenvalue weighted by Crippen LogP contribution is -2.53. The highest BCUT2D eigenvalue weighted by Crippen LogP contribution is 2.44. The fourth-order valence-corrected chi connectivity index (χ4v) is 4.06. The molecule has 34 heavy (non-hydrogen) atoms. The van der Waals surface area contributed by atoms with Gasteiger partial charge in [0, 0.05) is 25.7 Å². The van der Waals surface area contributed by atoms with Crippen molar-refractivity contribution in [3.8, 4) is 0 Å². The van der Waals surface area contributed by atoms with Crippen molar-refractivity contribution in [2.75, 3.05) is 13.2 Å². The maximum Gasteiger partial charge on any atom is 0.346 e. The number of carbonyl (C=O) groups is 4. The fourth-order valence-electron chi connectivity index (χ4n) is 4.06. The van der Waals surface area contributed by atoms with Crippen molar-refractivity contribution in [3.63, 3.8) is 0 Å². The van der Waals surface area contributed by atoms with Gasteiger partial charge in [-0.15, -0.1) is 0 Å². The lowest BCUT2D eigenvalue weighted by molar-refractivity contribution is -0.201. The van der Waals surface area contributed by atoms with E-state index in [1.807, 2.05) is 19.9 Å². The number of Topliss-reactive ketones (excluding diaryl/α,β-unsaturated/α-hetero) is 1. The number of rotatable bonds is 11. The highest BCUT2D eigenvalue weighted by Gasteiger charge is 2.57. The second-order valence-corrected chi connectivity index (χ2v) is 8.57. The van der Waals surface area contributed by atoms with Gasteiger partial charge < -0.3 is 23.7 Å². The molecule has 2 rings (SSSR count). The minimum atomic E-state index is -1.90. The summed E-state index contributed by atoms with van der Waals surface area (Å²) >= 11 is 0. The molecule has 1 heterocycles. The molecule has 1 saturated heterocycles. The van der Waals surface area contributed by atoms with Crippen LogP contribution < -0.4 is 0 Å². The van der Waals surface area contributed by atoms with E-state index in [-0.39, 0.29) is 19.6 Å². The Kier molecular flexibility index (Phi) is 9.35. The standard InChI is InChI=1S/C25H34O9/c1-7-24(6)20(34-22(33-18(5)28)21(24)32-17(4)27)15-31-25(16(3)26,23(29)30-8-2)14-19-12-10-9-11-13-19/h9-13,20-22H,7-8,14-15H2,1-6H3/t20-,21+,22?,24+,25?/m1/s1. The van der Waals surface area contributed by atoms with E-state index in [4.69, 9.17) is 23.7 Å². The average Bonchev–Trinajstić information content (AvgIpc) is 3.02. The van der Waals surface area contributed by atoms with Gasteiger partial charge in [0.1, 0.15) is 0 Å². The molecule has 0 bridgehead atoms. The Morgan fingerprint density at radius 3 is 2.12 bits per heavy atom. The molecule has 1 fully saturated rings. The summed E-state index contributed by atoms with van der Waals surface area (Å²) in [4.78, 5) is 49.2. The van der Waals surface area contributed by atoms with Crippen LogP contribution in [0.25, 0.3) is 0 Å². The van der Waals surface area contributed by atoms with Crippen molar-refractivity contribution in [3.05, 3.63) is 35.9 Å². The Hall–Kier alpha value is -2.78. The van der Waals surface area contributed by atoms with Gasteiger partial charge in [-0.05, 0) is 25.8 Å². The number of esters is 3. The third-order valence-electron chi connectivity index (χ3n) is 6.22. The maximum absolute atomic E-state index is 13.0. The molecule has 1 aromatic carbocycles. The molecule has 5 atom stereocenters. The van der Waals surface area contributed by atoms with E-state index in [9.17, 15) is 19.2 Å². The van der Waals surface area contributed by atoms with Gasteiger partial charge in [-0.25, -0.2) is 4.79 Å². The van der Waals surface area contributed by atoms with Crippen LogP contribution in [0.5, 0.6) is 0 Å². The van der Waals surface area contributed by atoms with Gasteiger partial charge in [-0.2, -0.15) is 0 Å². The van der Waals surface area contributed by atoms with Crippen LogP contribution in [0.1, 0.15) is 53.5 Å². The molecule has 0 radical (unpaired) electrons. The minimum Gasteiger partial charge on any atom is -0.463 e. The first-order valence-corrected chi connectivity index (χ1v) is 11.4. The van der Waals surface area contributed by atoms with Crippen molar-refractivity contribution in [2.45, 2.75) is 78.5 Å². The van der Waals surface area contributed by atoms with Crippen LogP contribution in [0.2, 0.25) is 0 Å². The zero-order chi connectivity index (χ0) is 25.5. The minimum absolute atomic E-state index is 0.0294. The van der Waals surface area contributed by atoms with E-state index in [0.717, 1.165) is 0 Å². The SMILES string of the molecule is CCOC(=O)C(Cc1ccccc1)(OC[C@H]1OC(OC(C)=O)[C@H](OC(C)=O)[C@@]1(C)CC)C(C)=O. The van der Waals surface area contributed by atoms with Crippen molar-refractivity contribution in [1.82, 2.24) is 0 Å². The Bertz CT molecular complexity index is 884. The molecule has 0 aliphatic carbocycles. The van der Waals surface area contributed by atoms with E-state index >= 15 is 0 Å². The van der Waals surface area contributed by atoms with Gasteiger partial charge in [0.15, 0.2) is 11.9 Å². The Morgan fingerprint density at radius 1 is 1.00 bits per heavy atom. The van der Waals surface area contributed by atoms with E-state index in [0.29, 0.717) is 12.0 Å². The van der Waals surface area contributed by atoms with Crippen LogP contribution in [-0.2, 0) is 49.3 Å². The van der Waals surface area contributed by atoms with Crippen LogP contribution >= 0.6 is 0 Å². The lowest BCUT2D eigenvalue weighted by Gasteiger charge is -2.35. The van der Waals surface area contributed by atoms with Crippen molar-refractivity contribution in [2.24, 2.45) is 5.41 Å². The fraction of sp³-hybridized carbons (Fsp3) is 0.600. The van der Waals surface area contributed by atoms with Crippen molar-refractivity contribution in [1.29, 1.82) is 0 Å². The van der Waals surface area contributed by atoms with Crippen LogP contribution in [0.4, 0.5) is 0 Å². The number of benzene rings is 1. The summed E-state index contributed by atoms with van der Waals surface area (Å²) in [5.74, 6) is -2.47. The summed E-state index contributed by atoms with van der Waals surface area (Å²) in [5, 5.41) is 0. The van der Waals surface area contributed by atoms with Gasteiger partial charge in [0.25, 0.3) is 0 Å². The highest BCUT2D eigenvalue weighted by molar-refractivity contribution is 6.06. The zero-order valence-corrected chi connectivity index (χ0v) is 20.6. The Labute approximate surface area is 200 Å². The summed E-state index contributed by atoms with van der Waals surface area (Å²) < 4.78 is 28.0. The second kappa shape index (κ2) is 11.6. The summed E-state index contributed by atoms with van der Waals surface area (Å²) in [6.45, 7) is 8.96. The lowest BCUT2D eigenvalue weighted by atomic mass is 9.78. The van der Waals surface area contributed by atoms with E-state index in [1.165, 1.54) is 20.8 Å². The second-order valence-electron chi connectivity index (χ2n) is 8.57. The molecular formula is C25H34O9. The average molecular weight is 479 g/mol. The first-order chi connectivity index (χ1) is 16.0. The van der Waals surface area contributed by atoms with Crippen molar-refractivity contribution >= 4 is 23.7 Å². The molecule has 0 amide bonds. The third-order valence-corrected chi connectivity index (χ3v) is 6.22. The number of hydrogen-bond donors (Lipinski definition) is 0. The summed E-state index contributed by atoms with van der Waals surface area (Å²) in [6, 6.07) is 9.00. The summed E-state index contributed by atoms with van der Waals surface area (Å²) in [5.41, 5.74) is -2.01. The number of hydrogen-bond acceptors (Lipinski definition) is 9. The monoisotopic (exact) mass is 478 g/mol. The molecule has 9 heteroatoms. The first-order valence-electron chi connectivity index (χ1n) is 11.4. The van der Waals surface area contributed by atoms with Gasteiger partial charge in [-0.3, -0.25) is 14.4 Å². The maximum atomic E-state index is 13.0. The Morgan fingerprint density at radius 2 is 1.62 bits per heavy atom. The number of carbonyl (C=O) groups excluding carboxylic acids is 4. The smallest absolute Gasteiger partial charge is 0.346 e. The molecule has 2 unspecified atom stereocenters. The quantitative estimate of drug-likeness (QED) is 0.269. The van der Waals surface area contributed by atoms with E-state index < -0.39 is 53.2 Å². The van der Waals surface area contributed by atoms with E-state index in [1.54, 1.807) is 31.2 Å². The highest BCUT2D eigenvalue weighted by atomic mass is 16.7. The van der Waals surface area contributed by atoms with Crippen LogP contribution in [0.15, 0.2) is 30.3 Å². The molecule has 1 aliphatic heterocycles. The molecule has 9 nitrogen and oxygen atoms in total. The third kappa shape index (κ3) is 6.01. The van der Waals surface area contributed by atoms with Crippen LogP contribution in [0.3, 0.4) is 0 Å². The predicted octanol–water partition coefficient (Wildman–Crippen LogP) is 2.77. The molecule has 0 N–H and O–H groups in total. The molecule has 0 saturated carbocycles. The van der Waals surface area contributed by atoms with Gasteiger partial charge in [-0.1, -0.05) is 44.2 Å². The van der Waals surface area contributed by atoms with Gasteiger partial charge >= 0.3 is 17.9 Å². The number of ether oxygens (including phenoxy) is 5.